The summed E-state index contributed by atoms with van der Waals surface area (Å²) in [5.41, 5.74) is 0. The van der Waals surface area contributed by atoms with Gasteiger partial charge >= 0.3 is 6.03 Å². The topological polar surface area (TPSA) is 61.4 Å². The molecule has 1 aromatic heterocycles. The van der Waals surface area contributed by atoms with Crippen LogP contribution in [0.3, 0.4) is 0 Å². The van der Waals surface area contributed by atoms with E-state index >= 15 is 0 Å². The van der Waals surface area contributed by atoms with Crippen LogP contribution in [-0.2, 0) is 0 Å². The molecule has 2 aliphatic rings. The molecule has 1 N–H and O–H groups in total. The van der Waals surface area contributed by atoms with E-state index in [2.05, 4.69) is 19.6 Å². The molecular formula is C14H23N5OS2. The van der Waals surface area contributed by atoms with Gasteiger partial charge in [0.2, 0.25) is 10.3 Å². The van der Waals surface area contributed by atoms with Crippen LogP contribution in [0.2, 0.25) is 0 Å². The van der Waals surface area contributed by atoms with Crippen molar-refractivity contribution in [3.63, 3.8) is 0 Å². The van der Waals surface area contributed by atoms with Crippen LogP contribution in [0.15, 0.2) is 5.16 Å². The van der Waals surface area contributed by atoms with Crippen molar-refractivity contribution in [2.75, 3.05) is 44.3 Å². The molecule has 2 amide bonds. The fourth-order valence-electron chi connectivity index (χ4n) is 3.19. The Bertz CT molecular complexity index is 503. The SMILES string of the molecule is CSc1nsc(NC(=O)N2CCC(CN3CCCCC3)C2)n1. The largest absolute Gasteiger partial charge is 0.324 e. The summed E-state index contributed by atoms with van der Waals surface area (Å²) in [6, 6.07) is -0.0371. The van der Waals surface area contributed by atoms with E-state index in [1.807, 2.05) is 11.2 Å². The third-order valence-corrected chi connectivity index (χ3v) is 5.64. The number of hydrogen-bond donors (Lipinski definition) is 1. The predicted octanol–water partition coefficient (Wildman–Crippen LogP) is 2.60. The fourth-order valence-corrected chi connectivity index (χ4v) is 4.30. The van der Waals surface area contributed by atoms with Crippen molar-refractivity contribution in [3.8, 4) is 0 Å². The second-order valence-electron chi connectivity index (χ2n) is 5.98. The van der Waals surface area contributed by atoms with Gasteiger partial charge in [0.1, 0.15) is 0 Å². The van der Waals surface area contributed by atoms with Gasteiger partial charge in [0.25, 0.3) is 0 Å². The smallest absolute Gasteiger partial charge is 0.323 e. The average Bonchev–Trinajstić information content (AvgIpc) is 3.17. The Morgan fingerprint density at radius 1 is 1.36 bits per heavy atom. The molecule has 22 heavy (non-hydrogen) atoms. The van der Waals surface area contributed by atoms with Gasteiger partial charge in [0, 0.05) is 31.2 Å². The molecule has 0 aliphatic carbocycles. The maximum Gasteiger partial charge on any atom is 0.323 e. The number of nitrogens with one attached hydrogen (secondary N) is 1. The number of piperidine rings is 1. The Hall–Kier alpha value is -0.860. The van der Waals surface area contributed by atoms with Gasteiger partial charge in [-0.3, -0.25) is 5.32 Å². The molecule has 0 saturated carbocycles. The maximum atomic E-state index is 12.3. The summed E-state index contributed by atoms with van der Waals surface area (Å²) < 4.78 is 4.16. The molecule has 2 fully saturated rings. The molecule has 3 rings (SSSR count). The van der Waals surface area contributed by atoms with Gasteiger partial charge in [-0.2, -0.15) is 9.36 Å². The van der Waals surface area contributed by atoms with E-state index in [1.165, 1.54) is 55.6 Å². The zero-order chi connectivity index (χ0) is 15.4. The van der Waals surface area contributed by atoms with E-state index in [0.29, 0.717) is 16.2 Å². The summed E-state index contributed by atoms with van der Waals surface area (Å²) >= 11 is 2.73. The molecule has 6 nitrogen and oxygen atoms in total. The molecule has 2 saturated heterocycles. The minimum absolute atomic E-state index is 0.0371. The number of urea groups is 1. The normalized spacial score (nSPS) is 23.0. The Kier molecular flexibility index (Phi) is 5.54. The van der Waals surface area contributed by atoms with E-state index < -0.39 is 0 Å². The Morgan fingerprint density at radius 2 is 2.18 bits per heavy atom. The number of carbonyl (C=O) groups is 1. The van der Waals surface area contributed by atoms with Gasteiger partial charge in [0.15, 0.2) is 0 Å². The highest BCUT2D eigenvalue weighted by Crippen LogP contribution is 2.22. The summed E-state index contributed by atoms with van der Waals surface area (Å²) in [5.74, 6) is 0.611. The monoisotopic (exact) mass is 341 g/mol. The molecule has 1 aromatic rings. The quantitative estimate of drug-likeness (QED) is 0.853. The number of rotatable bonds is 4. The summed E-state index contributed by atoms with van der Waals surface area (Å²) in [5, 5.41) is 4.17. The first-order valence-electron chi connectivity index (χ1n) is 7.90. The van der Waals surface area contributed by atoms with Gasteiger partial charge < -0.3 is 9.80 Å². The van der Waals surface area contributed by atoms with Crippen LogP contribution < -0.4 is 5.32 Å². The molecule has 0 aromatic carbocycles. The van der Waals surface area contributed by atoms with Crippen LogP contribution in [-0.4, -0.2) is 64.2 Å². The first-order chi connectivity index (χ1) is 10.7. The van der Waals surface area contributed by atoms with E-state index in [-0.39, 0.29) is 6.03 Å². The van der Waals surface area contributed by atoms with Crippen molar-refractivity contribution in [1.29, 1.82) is 0 Å². The van der Waals surface area contributed by atoms with Crippen LogP contribution >= 0.6 is 23.3 Å². The van der Waals surface area contributed by atoms with Crippen molar-refractivity contribution in [2.45, 2.75) is 30.8 Å². The highest BCUT2D eigenvalue weighted by Gasteiger charge is 2.28. The van der Waals surface area contributed by atoms with Crippen molar-refractivity contribution in [1.82, 2.24) is 19.2 Å². The van der Waals surface area contributed by atoms with Gasteiger partial charge in [-0.15, -0.1) is 0 Å². The van der Waals surface area contributed by atoms with Gasteiger partial charge in [-0.25, -0.2) is 4.79 Å². The number of likely N-dealkylation sites (tertiary alicyclic amines) is 2. The molecular weight excluding hydrogens is 318 g/mol. The summed E-state index contributed by atoms with van der Waals surface area (Å²) in [6.45, 7) is 5.30. The first kappa shape index (κ1) is 16.0. The molecule has 0 spiro atoms. The number of aromatic nitrogens is 2. The summed E-state index contributed by atoms with van der Waals surface area (Å²) in [6.07, 6.45) is 7.06. The number of carbonyl (C=O) groups excluding carboxylic acids is 1. The third kappa shape index (κ3) is 4.11. The molecule has 3 heterocycles. The molecule has 8 heteroatoms. The minimum atomic E-state index is -0.0371. The van der Waals surface area contributed by atoms with Gasteiger partial charge in [-0.1, -0.05) is 18.2 Å². The van der Waals surface area contributed by atoms with E-state index in [9.17, 15) is 4.79 Å². The predicted molar refractivity (Wildman–Crippen MR) is 90.7 cm³/mol. The van der Waals surface area contributed by atoms with Crippen LogP contribution in [0.4, 0.5) is 9.93 Å². The zero-order valence-corrected chi connectivity index (χ0v) is 14.6. The summed E-state index contributed by atoms with van der Waals surface area (Å²) in [4.78, 5) is 21.0. The molecule has 1 atom stereocenters. The average molecular weight is 342 g/mol. The van der Waals surface area contributed by atoms with Crippen molar-refractivity contribution >= 4 is 34.5 Å². The number of nitrogens with zero attached hydrogens (tertiary/aromatic N) is 4. The number of hydrogen-bond acceptors (Lipinski definition) is 6. The fraction of sp³-hybridized carbons (Fsp3) is 0.786. The van der Waals surface area contributed by atoms with Crippen molar-refractivity contribution in [3.05, 3.63) is 0 Å². The van der Waals surface area contributed by atoms with Gasteiger partial charge in [-0.05, 0) is 44.5 Å². The van der Waals surface area contributed by atoms with Crippen LogP contribution in [0, 0.1) is 5.92 Å². The molecule has 1 unspecified atom stereocenters. The Labute approximate surface area is 139 Å². The zero-order valence-electron chi connectivity index (χ0n) is 13.0. The third-order valence-electron chi connectivity index (χ3n) is 4.34. The molecule has 0 bridgehead atoms. The number of anilines is 1. The minimum Gasteiger partial charge on any atom is -0.324 e. The van der Waals surface area contributed by atoms with Crippen molar-refractivity contribution < 1.29 is 4.79 Å². The Balaban J connectivity index is 1.45. The highest BCUT2D eigenvalue weighted by atomic mass is 32.2. The molecule has 2 aliphatic heterocycles. The lowest BCUT2D eigenvalue weighted by atomic mass is 10.1. The lowest BCUT2D eigenvalue weighted by Crippen LogP contribution is -2.37. The van der Waals surface area contributed by atoms with Crippen LogP contribution in [0.25, 0.3) is 0 Å². The maximum absolute atomic E-state index is 12.3. The van der Waals surface area contributed by atoms with E-state index in [1.54, 1.807) is 0 Å². The van der Waals surface area contributed by atoms with E-state index in [4.69, 9.17) is 0 Å². The Morgan fingerprint density at radius 3 is 2.91 bits per heavy atom. The van der Waals surface area contributed by atoms with Crippen LogP contribution in [0.5, 0.6) is 0 Å². The van der Waals surface area contributed by atoms with Crippen LogP contribution in [0.1, 0.15) is 25.7 Å². The summed E-state index contributed by atoms with van der Waals surface area (Å²) in [7, 11) is 0. The molecule has 122 valence electrons. The molecule has 0 radical (unpaired) electrons. The van der Waals surface area contributed by atoms with E-state index in [0.717, 1.165) is 26.1 Å². The van der Waals surface area contributed by atoms with Gasteiger partial charge in [0.05, 0.1) is 0 Å². The van der Waals surface area contributed by atoms with Crippen molar-refractivity contribution in [2.24, 2.45) is 5.92 Å². The lowest BCUT2D eigenvalue weighted by molar-refractivity contribution is 0.192. The highest BCUT2D eigenvalue weighted by molar-refractivity contribution is 7.98. The second kappa shape index (κ2) is 7.61. The standard InChI is InChI=1S/C14H23N5OS2/c1-21-13-15-12(22-17-13)16-14(20)19-8-5-11(10-19)9-18-6-3-2-4-7-18/h11H,2-10H2,1H3,(H,15,16,17,20). The first-order valence-corrected chi connectivity index (χ1v) is 9.90. The lowest BCUT2D eigenvalue weighted by Gasteiger charge is -2.28. The number of amides is 2. The number of thioether (sulfide) groups is 1. The second-order valence-corrected chi connectivity index (χ2v) is 7.50.